The van der Waals surface area contributed by atoms with Gasteiger partial charge in [-0.15, -0.1) is 0 Å². The Kier molecular flexibility index (Phi) is 4.91. The summed E-state index contributed by atoms with van der Waals surface area (Å²) in [5.41, 5.74) is 0.694. The van der Waals surface area contributed by atoms with E-state index in [2.05, 4.69) is 0 Å². The molecule has 132 valence electrons. The molecule has 1 aromatic rings. The molecular weight excluding hydrogens is 348 g/mol. The average molecular weight is 371 g/mol. The van der Waals surface area contributed by atoms with E-state index < -0.39 is 10.0 Å². The summed E-state index contributed by atoms with van der Waals surface area (Å²) < 4.78 is 27.0. The van der Waals surface area contributed by atoms with E-state index in [1.165, 1.54) is 4.31 Å². The van der Waals surface area contributed by atoms with E-state index in [1.807, 2.05) is 7.05 Å². The van der Waals surface area contributed by atoms with Crippen molar-refractivity contribution in [3.05, 3.63) is 34.9 Å². The van der Waals surface area contributed by atoms with Crippen LogP contribution in [-0.2, 0) is 20.6 Å². The van der Waals surface area contributed by atoms with Gasteiger partial charge in [-0.3, -0.25) is 4.79 Å². The predicted molar refractivity (Wildman–Crippen MR) is 94.1 cm³/mol. The van der Waals surface area contributed by atoms with Gasteiger partial charge in [0.05, 0.1) is 5.75 Å². The molecule has 1 aromatic carbocycles. The van der Waals surface area contributed by atoms with Gasteiger partial charge >= 0.3 is 0 Å². The minimum Gasteiger partial charge on any atom is -0.345 e. The van der Waals surface area contributed by atoms with Crippen molar-refractivity contribution in [2.45, 2.75) is 31.1 Å². The molecule has 1 aliphatic carbocycles. The molecule has 2 aliphatic rings. The van der Waals surface area contributed by atoms with E-state index in [0.717, 1.165) is 19.4 Å². The Morgan fingerprint density at radius 3 is 2.71 bits per heavy atom. The first-order chi connectivity index (χ1) is 11.3. The van der Waals surface area contributed by atoms with Crippen LogP contribution in [0.5, 0.6) is 0 Å². The highest BCUT2D eigenvalue weighted by Gasteiger charge is 2.43. The van der Waals surface area contributed by atoms with Crippen molar-refractivity contribution in [1.29, 1.82) is 0 Å². The van der Waals surface area contributed by atoms with Gasteiger partial charge in [-0.25, -0.2) is 12.7 Å². The standard InChI is InChI=1S/C17H23ClN2O3S/c1-19-10-14-8-16(7-13(14)9-17(19)21)20(2)24(22,23)11-12-4-3-5-15(18)6-12/h3-6,13-14,16H,7-11H2,1-2H3/t13-,14+,16-/m0/s1. The van der Waals surface area contributed by atoms with Crippen LogP contribution in [0.25, 0.3) is 0 Å². The molecular formula is C17H23ClN2O3S. The topological polar surface area (TPSA) is 57.7 Å². The third-order valence-corrected chi connectivity index (χ3v) is 7.49. The van der Waals surface area contributed by atoms with Gasteiger partial charge < -0.3 is 4.90 Å². The normalized spacial score (nSPS) is 27.6. The van der Waals surface area contributed by atoms with Crippen molar-refractivity contribution in [3.8, 4) is 0 Å². The quantitative estimate of drug-likeness (QED) is 0.817. The lowest BCUT2D eigenvalue weighted by atomic mass is 9.88. The smallest absolute Gasteiger partial charge is 0.222 e. The summed E-state index contributed by atoms with van der Waals surface area (Å²) in [5.74, 6) is 0.833. The van der Waals surface area contributed by atoms with Crippen molar-refractivity contribution < 1.29 is 13.2 Å². The Bertz CT molecular complexity index is 737. The van der Waals surface area contributed by atoms with Crippen LogP contribution in [0, 0.1) is 11.8 Å². The Hall–Kier alpha value is -1.11. The highest BCUT2D eigenvalue weighted by molar-refractivity contribution is 7.88. The molecule has 1 saturated heterocycles. The minimum absolute atomic E-state index is 0.0246. The largest absolute Gasteiger partial charge is 0.345 e. The van der Waals surface area contributed by atoms with Gasteiger partial charge in [-0.2, -0.15) is 0 Å². The fourth-order valence-corrected chi connectivity index (χ4v) is 5.59. The number of piperidine rings is 1. The summed E-state index contributed by atoms with van der Waals surface area (Å²) in [7, 11) is 0.0777. The fraction of sp³-hybridized carbons (Fsp3) is 0.588. The molecule has 24 heavy (non-hydrogen) atoms. The summed E-state index contributed by atoms with van der Waals surface area (Å²) in [5, 5.41) is 0.541. The number of likely N-dealkylation sites (tertiary alicyclic amines) is 1. The molecule has 1 aliphatic heterocycles. The van der Waals surface area contributed by atoms with E-state index >= 15 is 0 Å². The molecule has 5 nitrogen and oxygen atoms in total. The molecule has 1 amide bonds. The first kappa shape index (κ1) is 17.7. The van der Waals surface area contributed by atoms with E-state index in [1.54, 1.807) is 36.2 Å². The highest BCUT2D eigenvalue weighted by atomic mass is 35.5. The van der Waals surface area contributed by atoms with E-state index in [-0.39, 0.29) is 17.7 Å². The zero-order chi connectivity index (χ0) is 17.5. The lowest BCUT2D eigenvalue weighted by Crippen LogP contribution is -2.40. The van der Waals surface area contributed by atoms with Crippen LogP contribution >= 0.6 is 11.6 Å². The van der Waals surface area contributed by atoms with Crippen LogP contribution in [-0.4, -0.2) is 50.2 Å². The van der Waals surface area contributed by atoms with E-state index in [0.29, 0.717) is 28.8 Å². The van der Waals surface area contributed by atoms with E-state index in [4.69, 9.17) is 11.6 Å². The molecule has 0 unspecified atom stereocenters. The molecule has 7 heteroatoms. The monoisotopic (exact) mass is 370 g/mol. The number of sulfonamides is 1. The molecule has 3 rings (SSSR count). The van der Waals surface area contributed by atoms with Crippen molar-refractivity contribution >= 4 is 27.5 Å². The molecule has 3 atom stereocenters. The number of amides is 1. The maximum absolute atomic E-state index is 12.7. The first-order valence-electron chi connectivity index (χ1n) is 8.20. The first-order valence-corrected chi connectivity index (χ1v) is 10.2. The van der Waals surface area contributed by atoms with Gasteiger partial charge in [0.25, 0.3) is 0 Å². The number of fused-ring (bicyclic) bond motifs is 1. The number of carbonyl (C=O) groups is 1. The van der Waals surface area contributed by atoms with E-state index in [9.17, 15) is 13.2 Å². The van der Waals surface area contributed by atoms with Crippen LogP contribution < -0.4 is 0 Å². The van der Waals surface area contributed by atoms with Gasteiger partial charge in [0.1, 0.15) is 0 Å². The van der Waals surface area contributed by atoms with Gasteiger partial charge in [0, 0.05) is 38.1 Å². The Morgan fingerprint density at radius 2 is 2.00 bits per heavy atom. The zero-order valence-corrected chi connectivity index (χ0v) is 15.6. The second-order valence-corrected chi connectivity index (χ2v) is 9.49. The van der Waals surface area contributed by atoms with Gasteiger partial charge in [0.2, 0.25) is 15.9 Å². The van der Waals surface area contributed by atoms with Crippen molar-refractivity contribution in [1.82, 2.24) is 9.21 Å². The van der Waals surface area contributed by atoms with Crippen LogP contribution in [0.3, 0.4) is 0 Å². The number of nitrogens with zero attached hydrogens (tertiary/aromatic N) is 2. The molecule has 0 radical (unpaired) electrons. The number of hydrogen-bond acceptors (Lipinski definition) is 3. The maximum atomic E-state index is 12.7. The highest BCUT2D eigenvalue weighted by Crippen LogP contribution is 2.40. The molecule has 1 heterocycles. The van der Waals surface area contributed by atoms with Crippen LogP contribution in [0.4, 0.5) is 0 Å². The minimum atomic E-state index is -3.41. The number of halogens is 1. The number of rotatable bonds is 4. The van der Waals surface area contributed by atoms with Crippen LogP contribution in [0.15, 0.2) is 24.3 Å². The van der Waals surface area contributed by atoms with Gasteiger partial charge in [0.15, 0.2) is 0 Å². The Morgan fingerprint density at radius 1 is 1.29 bits per heavy atom. The third-order valence-electron chi connectivity index (χ3n) is 5.38. The number of hydrogen-bond donors (Lipinski definition) is 0. The van der Waals surface area contributed by atoms with Gasteiger partial charge in [-0.1, -0.05) is 23.7 Å². The fourth-order valence-electron chi connectivity index (χ4n) is 3.95. The summed E-state index contributed by atoms with van der Waals surface area (Å²) >= 11 is 5.95. The summed E-state index contributed by atoms with van der Waals surface area (Å²) in [6, 6.07) is 6.94. The third kappa shape index (κ3) is 3.60. The summed E-state index contributed by atoms with van der Waals surface area (Å²) in [4.78, 5) is 13.6. The maximum Gasteiger partial charge on any atom is 0.222 e. The second kappa shape index (κ2) is 6.65. The molecule has 0 spiro atoms. The molecule has 2 fully saturated rings. The summed E-state index contributed by atoms with van der Waals surface area (Å²) in [6.45, 7) is 0.738. The number of benzene rings is 1. The molecule has 0 bridgehead atoms. The lowest BCUT2D eigenvalue weighted by Gasteiger charge is -2.31. The lowest BCUT2D eigenvalue weighted by molar-refractivity contribution is -0.134. The predicted octanol–water partition coefficient (Wildman–Crippen LogP) is 2.36. The van der Waals surface area contributed by atoms with Gasteiger partial charge in [-0.05, 0) is 42.4 Å². The van der Waals surface area contributed by atoms with Crippen molar-refractivity contribution in [2.75, 3.05) is 20.6 Å². The molecule has 0 aromatic heterocycles. The Balaban J connectivity index is 1.70. The van der Waals surface area contributed by atoms with Crippen molar-refractivity contribution in [3.63, 3.8) is 0 Å². The number of carbonyl (C=O) groups excluding carboxylic acids is 1. The molecule has 0 N–H and O–H groups in total. The van der Waals surface area contributed by atoms with Crippen LogP contribution in [0.1, 0.15) is 24.8 Å². The zero-order valence-electron chi connectivity index (χ0n) is 14.0. The van der Waals surface area contributed by atoms with Crippen LogP contribution in [0.2, 0.25) is 5.02 Å². The second-order valence-electron chi connectivity index (χ2n) is 7.03. The SMILES string of the molecule is CN1C[C@H]2C[C@@H](N(C)S(=O)(=O)Cc3cccc(Cl)c3)C[C@H]2CC1=O. The Labute approximate surface area is 148 Å². The van der Waals surface area contributed by atoms with Crippen molar-refractivity contribution in [2.24, 2.45) is 11.8 Å². The summed E-state index contributed by atoms with van der Waals surface area (Å²) in [6.07, 6.45) is 2.14. The molecule has 1 saturated carbocycles. The average Bonchev–Trinajstić information content (AvgIpc) is 2.89.